The smallest absolute Gasteiger partial charge is 0.395 e. The molecule has 0 saturated heterocycles. The van der Waals surface area contributed by atoms with Crippen LogP contribution in [0.1, 0.15) is 0 Å². The number of carbonyl (C=O) groups is 1. The van der Waals surface area contributed by atoms with Crippen molar-refractivity contribution < 1.29 is 27.8 Å². The predicted octanol–water partition coefficient (Wildman–Crippen LogP) is 0.920. The van der Waals surface area contributed by atoms with Crippen molar-refractivity contribution in [2.75, 3.05) is 19.0 Å². The molecule has 0 aromatic heterocycles. The highest BCUT2D eigenvalue weighted by atomic mass is 19.3. The first-order valence-corrected chi connectivity index (χ1v) is 5.39. The number of alkyl halides is 2. The minimum Gasteiger partial charge on any atom is -0.395 e. The molecule has 1 unspecified atom stereocenters. The van der Waals surface area contributed by atoms with Gasteiger partial charge in [0.05, 0.1) is 0 Å². The molecule has 1 aliphatic heterocycles. The van der Waals surface area contributed by atoms with Crippen molar-refractivity contribution in [3.63, 3.8) is 0 Å². The molecular formula is C11H12F2N2O4. The lowest BCUT2D eigenvalue weighted by Crippen LogP contribution is -2.35. The maximum Gasteiger partial charge on any atom is 0.586 e. The summed E-state index contributed by atoms with van der Waals surface area (Å²) in [6, 6.07) is 3.91. The van der Waals surface area contributed by atoms with E-state index in [0.29, 0.717) is 0 Å². The molecule has 0 saturated carbocycles. The highest BCUT2D eigenvalue weighted by Gasteiger charge is 2.43. The number of halogens is 2. The van der Waals surface area contributed by atoms with Crippen LogP contribution in [0.4, 0.5) is 14.5 Å². The Morgan fingerprint density at radius 3 is 2.79 bits per heavy atom. The summed E-state index contributed by atoms with van der Waals surface area (Å²) in [4.78, 5) is 11.7. The number of benzene rings is 1. The van der Waals surface area contributed by atoms with E-state index >= 15 is 0 Å². The Bertz CT molecular complexity index is 492. The van der Waals surface area contributed by atoms with Crippen molar-refractivity contribution in [3.8, 4) is 11.5 Å². The van der Waals surface area contributed by atoms with E-state index in [-0.39, 0.29) is 23.7 Å². The third-order valence-corrected chi connectivity index (χ3v) is 2.46. The SMILES string of the molecule is COC(CN)C(=O)Nc1ccc2c(c1)OC(F)(F)O2. The van der Waals surface area contributed by atoms with Gasteiger partial charge in [-0.1, -0.05) is 0 Å². The quantitative estimate of drug-likeness (QED) is 0.853. The van der Waals surface area contributed by atoms with Crippen molar-refractivity contribution >= 4 is 11.6 Å². The number of amides is 1. The van der Waals surface area contributed by atoms with Gasteiger partial charge >= 0.3 is 6.29 Å². The van der Waals surface area contributed by atoms with Gasteiger partial charge in [0.2, 0.25) is 0 Å². The molecule has 19 heavy (non-hydrogen) atoms. The number of rotatable bonds is 4. The van der Waals surface area contributed by atoms with Gasteiger partial charge in [-0.05, 0) is 12.1 Å². The first-order valence-electron chi connectivity index (χ1n) is 5.39. The number of anilines is 1. The molecule has 2 rings (SSSR count). The molecule has 1 aromatic carbocycles. The van der Waals surface area contributed by atoms with E-state index in [9.17, 15) is 13.6 Å². The minimum atomic E-state index is -3.68. The van der Waals surface area contributed by atoms with E-state index in [2.05, 4.69) is 14.8 Å². The maximum absolute atomic E-state index is 12.8. The summed E-state index contributed by atoms with van der Waals surface area (Å²) in [5.74, 6) is -0.717. The van der Waals surface area contributed by atoms with Crippen molar-refractivity contribution in [2.45, 2.75) is 12.4 Å². The summed E-state index contributed by atoms with van der Waals surface area (Å²) in [5.41, 5.74) is 5.61. The molecule has 1 amide bonds. The number of fused-ring (bicyclic) bond motifs is 1. The second-order valence-corrected chi connectivity index (χ2v) is 3.78. The lowest BCUT2D eigenvalue weighted by atomic mass is 10.2. The Labute approximate surface area is 107 Å². The van der Waals surface area contributed by atoms with E-state index < -0.39 is 18.3 Å². The Morgan fingerprint density at radius 2 is 2.16 bits per heavy atom. The normalized spacial score (nSPS) is 17.1. The summed E-state index contributed by atoms with van der Waals surface area (Å²) < 4.78 is 38.9. The van der Waals surface area contributed by atoms with Crippen LogP contribution in [-0.2, 0) is 9.53 Å². The number of ether oxygens (including phenoxy) is 3. The fraction of sp³-hybridized carbons (Fsp3) is 0.364. The largest absolute Gasteiger partial charge is 0.586 e. The zero-order valence-electron chi connectivity index (χ0n) is 9.98. The molecule has 0 aliphatic carbocycles. The topological polar surface area (TPSA) is 82.8 Å². The van der Waals surface area contributed by atoms with Crippen molar-refractivity contribution in [1.82, 2.24) is 0 Å². The molecule has 0 radical (unpaired) electrons. The number of hydrogen-bond acceptors (Lipinski definition) is 5. The Morgan fingerprint density at radius 1 is 1.47 bits per heavy atom. The van der Waals surface area contributed by atoms with Gasteiger partial charge in [0, 0.05) is 25.4 Å². The predicted molar refractivity (Wildman–Crippen MR) is 61.1 cm³/mol. The van der Waals surface area contributed by atoms with Crippen LogP contribution >= 0.6 is 0 Å². The lowest BCUT2D eigenvalue weighted by molar-refractivity contribution is -0.286. The average Bonchev–Trinajstić information content (AvgIpc) is 2.63. The molecule has 104 valence electrons. The van der Waals surface area contributed by atoms with Crippen LogP contribution in [-0.4, -0.2) is 32.0 Å². The number of nitrogens with two attached hydrogens (primary N) is 1. The first-order chi connectivity index (χ1) is 8.95. The van der Waals surface area contributed by atoms with Crippen LogP contribution in [0.5, 0.6) is 11.5 Å². The third kappa shape index (κ3) is 2.91. The van der Waals surface area contributed by atoms with Gasteiger partial charge in [-0.15, -0.1) is 8.78 Å². The van der Waals surface area contributed by atoms with Gasteiger partial charge in [-0.3, -0.25) is 4.79 Å². The van der Waals surface area contributed by atoms with Crippen LogP contribution in [0.15, 0.2) is 18.2 Å². The lowest BCUT2D eigenvalue weighted by Gasteiger charge is -2.13. The number of carbonyl (C=O) groups excluding carboxylic acids is 1. The van der Waals surface area contributed by atoms with Crippen molar-refractivity contribution in [2.24, 2.45) is 5.73 Å². The highest BCUT2D eigenvalue weighted by Crippen LogP contribution is 2.42. The fourth-order valence-corrected chi connectivity index (χ4v) is 1.56. The summed E-state index contributed by atoms with van der Waals surface area (Å²) in [5, 5.41) is 2.48. The van der Waals surface area contributed by atoms with E-state index in [1.807, 2.05) is 0 Å². The number of nitrogens with one attached hydrogen (secondary N) is 1. The molecule has 1 aliphatic rings. The van der Waals surface area contributed by atoms with Crippen LogP contribution in [0.3, 0.4) is 0 Å². The molecule has 3 N–H and O–H groups in total. The van der Waals surface area contributed by atoms with Crippen molar-refractivity contribution in [1.29, 1.82) is 0 Å². The van der Waals surface area contributed by atoms with Crippen LogP contribution in [0.2, 0.25) is 0 Å². The number of methoxy groups -OCH3 is 1. The van der Waals surface area contributed by atoms with Gasteiger partial charge in [0.15, 0.2) is 11.5 Å². The Hall–Kier alpha value is -1.93. The minimum absolute atomic E-state index is 0.00492. The van der Waals surface area contributed by atoms with E-state index in [4.69, 9.17) is 10.5 Å². The summed E-state index contributed by atoms with van der Waals surface area (Å²) in [6.45, 7) is 0.00492. The van der Waals surface area contributed by atoms with Crippen LogP contribution in [0.25, 0.3) is 0 Å². The zero-order chi connectivity index (χ0) is 14.0. The first kappa shape index (κ1) is 13.5. The number of hydrogen-bond donors (Lipinski definition) is 2. The van der Waals surface area contributed by atoms with E-state index in [1.54, 1.807) is 0 Å². The monoisotopic (exact) mass is 274 g/mol. The van der Waals surface area contributed by atoms with E-state index in [1.165, 1.54) is 25.3 Å². The maximum atomic E-state index is 12.8. The van der Waals surface area contributed by atoms with Gasteiger partial charge in [0.1, 0.15) is 6.10 Å². The van der Waals surface area contributed by atoms with E-state index in [0.717, 1.165) is 0 Å². The van der Waals surface area contributed by atoms with Gasteiger partial charge < -0.3 is 25.3 Å². The highest BCUT2D eigenvalue weighted by molar-refractivity contribution is 5.94. The summed E-state index contributed by atoms with van der Waals surface area (Å²) in [7, 11) is 1.34. The summed E-state index contributed by atoms with van der Waals surface area (Å²) in [6.07, 6.45) is -4.50. The molecule has 1 atom stereocenters. The summed E-state index contributed by atoms with van der Waals surface area (Å²) >= 11 is 0. The second-order valence-electron chi connectivity index (χ2n) is 3.78. The molecule has 6 nitrogen and oxygen atoms in total. The second kappa shape index (κ2) is 4.98. The molecule has 8 heteroatoms. The van der Waals surface area contributed by atoms with Gasteiger partial charge in [-0.2, -0.15) is 0 Å². The van der Waals surface area contributed by atoms with Gasteiger partial charge in [-0.25, -0.2) is 0 Å². The Kier molecular flexibility index (Phi) is 3.54. The zero-order valence-corrected chi connectivity index (χ0v) is 9.98. The molecule has 0 fully saturated rings. The molecular weight excluding hydrogens is 262 g/mol. The Balaban J connectivity index is 2.10. The van der Waals surface area contributed by atoms with Crippen LogP contribution in [0, 0.1) is 0 Å². The van der Waals surface area contributed by atoms with Gasteiger partial charge in [0.25, 0.3) is 5.91 Å². The average molecular weight is 274 g/mol. The van der Waals surface area contributed by atoms with Crippen molar-refractivity contribution in [3.05, 3.63) is 18.2 Å². The van der Waals surface area contributed by atoms with Crippen LogP contribution < -0.4 is 20.5 Å². The molecule has 0 spiro atoms. The molecule has 1 aromatic rings. The molecule has 1 heterocycles. The molecule has 0 bridgehead atoms. The fourth-order valence-electron chi connectivity index (χ4n) is 1.56. The standard InChI is InChI=1S/C11H12F2N2O4/c1-17-9(5-14)10(16)15-6-2-3-7-8(4-6)19-11(12,13)18-7/h2-4,9H,5,14H2,1H3,(H,15,16). The third-order valence-electron chi connectivity index (χ3n) is 2.46.